The second kappa shape index (κ2) is 6.28. The number of esters is 1. The maximum atomic E-state index is 12.1. The van der Waals surface area contributed by atoms with Gasteiger partial charge in [-0.2, -0.15) is 4.72 Å². The van der Waals surface area contributed by atoms with Gasteiger partial charge in [-0.05, 0) is 28.7 Å². The first-order chi connectivity index (χ1) is 10.3. The molecule has 0 radical (unpaired) electrons. The third kappa shape index (κ3) is 4.15. The zero-order chi connectivity index (χ0) is 16.3. The molecule has 22 heavy (non-hydrogen) atoms. The average Bonchev–Trinajstić information content (AvgIpc) is 2.45. The molecule has 118 valence electrons. The van der Waals surface area contributed by atoms with Gasteiger partial charge in [-0.15, -0.1) is 13.2 Å². The molecule has 0 saturated carbocycles. The van der Waals surface area contributed by atoms with Crippen molar-refractivity contribution in [2.24, 2.45) is 4.40 Å². The van der Waals surface area contributed by atoms with Gasteiger partial charge in [-0.25, -0.2) is 4.79 Å². The number of rotatable bonds is 3. The molecule has 0 fully saturated rings. The number of nitrogens with zero attached hydrogens (tertiary/aromatic N) is 1. The van der Waals surface area contributed by atoms with E-state index in [-0.39, 0.29) is 11.4 Å². The molecule has 0 spiro atoms. The second-order valence-corrected chi connectivity index (χ2v) is 4.83. The summed E-state index contributed by atoms with van der Waals surface area (Å²) in [7, 11) is 1.16. The third-order valence-electron chi connectivity index (χ3n) is 2.45. The van der Waals surface area contributed by atoms with E-state index in [1.165, 1.54) is 18.2 Å². The highest BCUT2D eigenvalue weighted by atomic mass is 32.2. The number of alkyl halides is 3. The number of hydrogen-bond donors (Lipinski definition) is 1. The molecule has 0 bridgehead atoms. The van der Waals surface area contributed by atoms with Gasteiger partial charge in [0.1, 0.15) is 11.5 Å². The number of carbonyl (C=O) groups is 1. The van der Waals surface area contributed by atoms with E-state index in [4.69, 9.17) is 0 Å². The lowest BCUT2D eigenvalue weighted by molar-refractivity contribution is -0.274. The van der Waals surface area contributed by atoms with Crippen LogP contribution in [0.2, 0.25) is 0 Å². The molecule has 0 aromatic heterocycles. The summed E-state index contributed by atoms with van der Waals surface area (Å²) in [6.45, 7) is 0. The van der Waals surface area contributed by atoms with Gasteiger partial charge in [-0.3, -0.25) is 0 Å². The van der Waals surface area contributed by atoms with Crippen LogP contribution >= 0.6 is 0 Å². The minimum Gasteiger partial charge on any atom is -0.567 e. The van der Waals surface area contributed by atoms with Crippen LogP contribution in [0.5, 0.6) is 5.75 Å². The quantitative estimate of drug-likeness (QED) is 0.671. The largest absolute Gasteiger partial charge is 0.573 e. The highest BCUT2D eigenvalue weighted by molar-refractivity contribution is 7.88. The van der Waals surface area contributed by atoms with E-state index in [0.717, 1.165) is 19.2 Å². The molecule has 1 aromatic rings. The molecule has 1 heterocycles. The molecule has 0 aliphatic carbocycles. The normalized spacial score (nSPS) is 18.0. The average molecular weight is 334 g/mol. The van der Waals surface area contributed by atoms with Crippen molar-refractivity contribution in [3.05, 3.63) is 41.6 Å². The van der Waals surface area contributed by atoms with Crippen molar-refractivity contribution in [1.82, 2.24) is 4.72 Å². The predicted molar refractivity (Wildman–Crippen MR) is 71.0 cm³/mol. The zero-order valence-corrected chi connectivity index (χ0v) is 11.8. The number of nitrogens with one attached hydrogen (secondary N) is 1. The van der Waals surface area contributed by atoms with E-state index in [1.54, 1.807) is 0 Å². The topological polar surface area (TPSA) is 83.0 Å². The van der Waals surface area contributed by atoms with E-state index in [9.17, 15) is 22.5 Å². The molecule has 1 aromatic carbocycles. The fraction of sp³-hybridized carbons (Fsp3) is 0.167. The SMILES string of the molecule is COC(=O)C1=CC(c2ccc(OC(F)(F)F)cc2)=N[S+]([O-])N1. The zero-order valence-electron chi connectivity index (χ0n) is 11.0. The number of hydrogen-bond acceptors (Lipinski definition) is 6. The summed E-state index contributed by atoms with van der Waals surface area (Å²) in [6, 6.07) is 4.77. The van der Waals surface area contributed by atoms with Crippen molar-refractivity contribution < 1.29 is 32.0 Å². The minimum absolute atomic E-state index is 0.0681. The Bertz CT molecular complexity index is 628. The van der Waals surface area contributed by atoms with Gasteiger partial charge in [0.05, 0.1) is 7.11 Å². The molecule has 6 nitrogen and oxygen atoms in total. The lowest BCUT2D eigenvalue weighted by atomic mass is 10.1. The van der Waals surface area contributed by atoms with E-state index >= 15 is 0 Å². The minimum atomic E-state index is -4.78. The number of benzene rings is 1. The van der Waals surface area contributed by atoms with Gasteiger partial charge in [0.2, 0.25) is 11.5 Å². The van der Waals surface area contributed by atoms with Crippen LogP contribution < -0.4 is 9.46 Å². The second-order valence-electron chi connectivity index (χ2n) is 3.95. The fourth-order valence-corrected chi connectivity index (χ4v) is 2.29. The number of halogens is 3. The van der Waals surface area contributed by atoms with Gasteiger partial charge in [0, 0.05) is 11.6 Å². The van der Waals surface area contributed by atoms with E-state index in [1.807, 2.05) is 0 Å². The lowest BCUT2D eigenvalue weighted by Gasteiger charge is -2.14. The van der Waals surface area contributed by atoms with Gasteiger partial charge in [0.15, 0.2) is 5.70 Å². The first-order valence-electron chi connectivity index (χ1n) is 5.72. The number of carbonyl (C=O) groups excluding carboxylic acids is 1. The Hall–Kier alpha value is -2.20. The molecule has 1 aliphatic rings. The molecule has 10 heteroatoms. The Labute approximate surface area is 126 Å². The number of allylic oxidation sites excluding steroid dienone is 1. The maximum absolute atomic E-state index is 12.1. The van der Waals surface area contributed by atoms with Crippen molar-refractivity contribution in [3.63, 3.8) is 0 Å². The summed E-state index contributed by atoms with van der Waals surface area (Å²) in [6.07, 6.45) is -3.50. The van der Waals surface area contributed by atoms with Crippen LogP contribution in [-0.4, -0.2) is 29.7 Å². The number of ether oxygens (including phenoxy) is 2. The summed E-state index contributed by atoms with van der Waals surface area (Å²) in [5.41, 5.74) is 0.461. The Balaban J connectivity index is 2.23. The van der Waals surface area contributed by atoms with Crippen LogP contribution in [-0.2, 0) is 21.1 Å². The van der Waals surface area contributed by atoms with Gasteiger partial charge >= 0.3 is 12.3 Å². The standard InChI is InChI=1S/C12H9F3N2O4S/c1-20-11(18)10-6-9(16-22(19)17-10)7-2-4-8(5-3-7)21-12(13,14)15/h2-6,17H,1H3. The van der Waals surface area contributed by atoms with E-state index < -0.39 is 29.6 Å². The molecular weight excluding hydrogens is 325 g/mol. The molecule has 1 atom stereocenters. The Morgan fingerprint density at radius 3 is 2.50 bits per heavy atom. The van der Waals surface area contributed by atoms with Crippen LogP contribution in [0.1, 0.15) is 5.56 Å². The fourth-order valence-electron chi connectivity index (χ4n) is 1.57. The highest BCUT2D eigenvalue weighted by Gasteiger charge is 2.31. The summed E-state index contributed by atoms with van der Waals surface area (Å²) >= 11 is -1.89. The smallest absolute Gasteiger partial charge is 0.567 e. The van der Waals surface area contributed by atoms with Gasteiger partial charge < -0.3 is 14.0 Å². The van der Waals surface area contributed by atoms with Gasteiger partial charge in [-0.1, -0.05) is 0 Å². The Kier molecular flexibility index (Phi) is 4.62. The molecule has 0 saturated heterocycles. The summed E-state index contributed by atoms with van der Waals surface area (Å²) in [4.78, 5) is 11.4. The van der Waals surface area contributed by atoms with Crippen LogP contribution in [0.4, 0.5) is 13.2 Å². The summed E-state index contributed by atoms with van der Waals surface area (Å²) in [5.74, 6) is -1.14. The molecule has 2 rings (SSSR count). The van der Waals surface area contributed by atoms with Gasteiger partial charge in [0.25, 0.3) is 0 Å². The molecular formula is C12H9F3N2O4S. The van der Waals surface area contributed by atoms with Crippen molar-refractivity contribution >= 4 is 23.2 Å². The van der Waals surface area contributed by atoms with Crippen molar-refractivity contribution in [2.75, 3.05) is 7.11 Å². The monoisotopic (exact) mass is 334 g/mol. The van der Waals surface area contributed by atoms with E-state index in [0.29, 0.717) is 5.56 Å². The van der Waals surface area contributed by atoms with Crippen LogP contribution in [0.25, 0.3) is 0 Å². The van der Waals surface area contributed by atoms with Crippen LogP contribution in [0.15, 0.2) is 40.4 Å². The molecule has 0 amide bonds. The lowest BCUT2D eigenvalue weighted by Crippen LogP contribution is -2.31. The van der Waals surface area contributed by atoms with E-state index in [2.05, 4.69) is 18.6 Å². The predicted octanol–water partition coefficient (Wildman–Crippen LogP) is 1.61. The van der Waals surface area contributed by atoms with Crippen LogP contribution in [0, 0.1) is 0 Å². The Morgan fingerprint density at radius 2 is 1.95 bits per heavy atom. The maximum Gasteiger partial charge on any atom is 0.573 e. The molecule has 1 N–H and O–H groups in total. The summed E-state index contributed by atoms with van der Waals surface area (Å²) < 4.78 is 62.0. The van der Waals surface area contributed by atoms with Crippen molar-refractivity contribution in [1.29, 1.82) is 0 Å². The van der Waals surface area contributed by atoms with Crippen molar-refractivity contribution in [3.8, 4) is 5.75 Å². The Morgan fingerprint density at radius 1 is 1.32 bits per heavy atom. The first kappa shape index (κ1) is 16.2. The molecule has 1 unspecified atom stereocenters. The first-order valence-corrected chi connectivity index (χ1v) is 6.82. The third-order valence-corrected chi connectivity index (χ3v) is 3.21. The van der Waals surface area contributed by atoms with Crippen LogP contribution in [0.3, 0.4) is 0 Å². The summed E-state index contributed by atoms with van der Waals surface area (Å²) in [5, 5.41) is 0. The molecule has 1 aliphatic heterocycles. The van der Waals surface area contributed by atoms with Crippen molar-refractivity contribution in [2.45, 2.75) is 6.36 Å². The number of methoxy groups -OCH3 is 1. The highest BCUT2D eigenvalue weighted by Crippen LogP contribution is 2.23.